The number of aliphatic hydroxyl groups excluding tert-OH is 1. The number of anilines is 2. The Balaban J connectivity index is 2.87. The first-order chi connectivity index (χ1) is 8.45. The van der Waals surface area contributed by atoms with E-state index in [0.717, 1.165) is 0 Å². The van der Waals surface area contributed by atoms with Crippen molar-refractivity contribution in [2.24, 2.45) is 0 Å². The van der Waals surface area contributed by atoms with Crippen molar-refractivity contribution in [3.05, 3.63) is 23.8 Å². The Morgan fingerprint density at radius 2 is 2.11 bits per heavy atom. The number of ether oxygens (including phenoxy) is 1. The van der Waals surface area contributed by atoms with Gasteiger partial charge in [-0.15, -0.1) is 0 Å². The molecule has 1 unspecified atom stereocenters. The summed E-state index contributed by atoms with van der Waals surface area (Å²) < 4.78 is 30.6. The maximum absolute atomic E-state index is 12.9. The van der Waals surface area contributed by atoms with Crippen molar-refractivity contribution >= 4 is 11.4 Å². The first-order valence-electron chi connectivity index (χ1n) is 5.51. The van der Waals surface area contributed by atoms with Crippen LogP contribution >= 0.6 is 0 Å². The molecule has 1 atom stereocenters. The average Bonchev–Trinajstić information content (AvgIpc) is 2.28. The second kappa shape index (κ2) is 6.51. The van der Waals surface area contributed by atoms with Crippen LogP contribution < -0.4 is 10.6 Å². The highest BCUT2D eigenvalue weighted by Gasteiger charge is 2.17. The van der Waals surface area contributed by atoms with Gasteiger partial charge >= 0.3 is 0 Å². The van der Waals surface area contributed by atoms with E-state index < -0.39 is 12.5 Å². The zero-order valence-electron chi connectivity index (χ0n) is 10.4. The van der Waals surface area contributed by atoms with Gasteiger partial charge in [-0.1, -0.05) is 0 Å². The molecule has 0 heterocycles. The molecule has 0 aliphatic rings. The molecule has 1 aromatic carbocycles. The maximum atomic E-state index is 12.9. The van der Waals surface area contributed by atoms with Crippen LogP contribution in [0.25, 0.3) is 0 Å². The highest BCUT2D eigenvalue weighted by Crippen LogP contribution is 2.31. The van der Waals surface area contributed by atoms with Crippen LogP contribution in [0, 0.1) is 0 Å². The molecular weight excluding hydrogens is 242 g/mol. The molecule has 0 aliphatic carbocycles. The van der Waals surface area contributed by atoms with Gasteiger partial charge in [0.2, 0.25) is 0 Å². The van der Waals surface area contributed by atoms with E-state index in [2.05, 4.69) is 0 Å². The van der Waals surface area contributed by atoms with Gasteiger partial charge < -0.3 is 20.5 Å². The summed E-state index contributed by atoms with van der Waals surface area (Å²) in [6, 6.07) is 4.33. The lowest BCUT2D eigenvalue weighted by Gasteiger charge is -2.25. The molecule has 3 N–H and O–H groups in total. The minimum atomic E-state index is -2.61. The zero-order chi connectivity index (χ0) is 13.7. The number of hydrogen-bond acceptors (Lipinski definition) is 4. The fraction of sp³-hybridized carbons (Fsp3) is 0.500. The van der Waals surface area contributed by atoms with Gasteiger partial charge in [-0.3, -0.25) is 0 Å². The van der Waals surface area contributed by atoms with E-state index in [-0.39, 0.29) is 18.7 Å². The lowest BCUT2D eigenvalue weighted by atomic mass is 10.1. The van der Waals surface area contributed by atoms with Crippen LogP contribution in [0.2, 0.25) is 0 Å². The summed E-state index contributed by atoms with van der Waals surface area (Å²) in [5, 5.41) is 9.59. The Hall–Kier alpha value is -1.40. The second-order valence-corrected chi connectivity index (χ2v) is 4.11. The predicted molar refractivity (Wildman–Crippen MR) is 67.0 cm³/mol. The third-order valence-corrected chi connectivity index (χ3v) is 2.54. The lowest BCUT2D eigenvalue weighted by Crippen LogP contribution is -2.32. The van der Waals surface area contributed by atoms with Crippen LogP contribution in [0.1, 0.15) is 12.0 Å². The van der Waals surface area contributed by atoms with Gasteiger partial charge in [-0.25, -0.2) is 8.78 Å². The Morgan fingerprint density at radius 1 is 1.44 bits per heavy atom. The third-order valence-electron chi connectivity index (χ3n) is 2.54. The minimum Gasteiger partial charge on any atom is -0.399 e. The first kappa shape index (κ1) is 14.7. The van der Waals surface area contributed by atoms with Gasteiger partial charge in [-0.05, 0) is 18.2 Å². The second-order valence-electron chi connectivity index (χ2n) is 4.11. The number of methoxy groups -OCH3 is 1. The minimum absolute atomic E-state index is 0.137. The van der Waals surface area contributed by atoms with E-state index in [1.165, 1.54) is 19.2 Å². The van der Waals surface area contributed by atoms with E-state index in [1.54, 1.807) is 18.0 Å². The van der Waals surface area contributed by atoms with Gasteiger partial charge in [0.25, 0.3) is 6.43 Å². The summed E-state index contributed by atoms with van der Waals surface area (Å²) in [7, 11) is 3.10. The smallest absolute Gasteiger partial charge is 0.265 e. The fourth-order valence-corrected chi connectivity index (χ4v) is 1.75. The molecule has 102 valence electrons. The van der Waals surface area contributed by atoms with Crippen LogP contribution in [-0.4, -0.2) is 38.5 Å². The number of hydrogen-bond donors (Lipinski definition) is 2. The molecule has 6 heteroatoms. The Kier molecular flexibility index (Phi) is 5.30. The summed E-state index contributed by atoms with van der Waals surface area (Å²) in [6.45, 7) is 0.362. The molecule has 0 bridgehead atoms. The molecule has 0 spiro atoms. The van der Waals surface area contributed by atoms with E-state index in [4.69, 9.17) is 10.5 Å². The van der Waals surface area contributed by atoms with Crippen molar-refractivity contribution in [1.29, 1.82) is 0 Å². The van der Waals surface area contributed by atoms with Crippen LogP contribution in [0.15, 0.2) is 18.2 Å². The number of nitrogens with zero attached hydrogens (tertiary/aromatic N) is 1. The number of alkyl halides is 2. The highest BCUT2D eigenvalue weighted by molar-refractivity contribution is 5.59. The first-order valence-corrected chi connectivity index (χ1v) is 5.51. The molecule has 1 aromatic rings. The molecule has 18 heavy (non-hydrogen) atoms. The average molecular weight is 260 g/mol. The van der Waals surface area contributed by atoms with Crippen molar-refractivity contribution < 1.29 is 18.6 Å². The molecule has 0 fully saturated rings. The SMILES string of the molecule is COCC(O)CN(C)c1ccc(N)cc1C(F)F. The molecule has 4 nitrogen and oxygen atoms in total. The van der Waals surface area contributed by atoms with Gasteiger partial charge in [0.15, 0.2) is 0 Å². The van der Waals surface area contributed by atoms with Crippen molar-refractivity contribution in [2.75, 3.05) is 37.9 Å². The lowest BCUT2D eigenvalue weighted by molar-refractivity contribution is 0.0693. The molecule has 0 saturated heterocycles. The third kappa shape index (κ3) is 3.82. The predicted octanol–water partition coefficient (Wildman–Crippen LogP) is 1.65. The molecule has 0 saturated carbocycles. The topological polar surface area (TPSA) is 58.7 Å². The van der Waals surface area contributed by atoms with Crippen LogP contribution in [-0.2, 0) is 4.74 Å². The summed E-state index contributed by atoms with van der Waals surface area (Å²) in [5.74, 6) is 0. The monoisotopic (exact) mass is 260 g/mol. The van der Waals surface area contributed by atoms with Crippen LogP contribution in [0.4, 0.5) is 20.2 Å². The molecule has 0 amide bonds. The van der Waals surface area contributed by atoms with E-state index in [1.807, 2.05) is 0 Å². The number of nitrogen functional groups attached to an aromatic ring is 1. The Morgan fingerprint density at radius 3 is 2.67 bits per heavy atom. The van der Waals surface area contributed by atoms with Crippen molar-refractivity contribution in [2.45, 2.75) is 12.5 Å². The van der Waals surface area contributed by atoms with Crippen LogP contribution in [0.5, 0.6) is 0 Å². The summed E-state index contributed by atoms with van der Waals surface area (Å²) in [6.07, 6.45) is -3.34. The van der Waals surface area contributed by atoms with Crippen LogP contribution in [0.3, 0.4) is 0 Å². The van der Waals surface area contributed by atoms with Crippen molar-refractivity contribution in [3.8, 4) is 0 Å². The number of aliphatic hydroxyl groups is 1. The number of benzene rings is 1. The normalized spacial score (nSPS) is 12.8. The number of rotatable bonds is 6. The molecule has 0 aromatic heterocycles. The van der Waals surface area contributed by atoms with Gasteiger partial charge in [0.1, 0.15) is 0 Å². The van der Waals surface area contributed by atoms with E-state index in [0.29, 0.717) is 11.4 Å². The summed E-state index contributed by atoms with van der Waals surface area (Å²) in [5.41, 5.74) is 6.00. The standard InChI is InChI=1S/C12H18F2N2O2/c1-16(6-9(17)7-18-2)11-4-3-8(15)5-10(11)12(13)14/h3-5,9,12,17H,6-7,15H2,1-2H3. The molecule has 0 radical (unpaired) electrons. The van der Waals surface area contributed by atoms with E-state index >= 15 is 0 Å². The largest absolute Gasteiger partial charge is 0.399 e. The van der Waals surface area contributed by atoms with E-state index in [9.17, 15) is 13.9 Å². The van der Waals surface area contributed by atoms with Crippen molar-refractivity contribution in [3.63, 3.8) is 0 Å². The quantitative estimate of drug-likeness (QED) is 0.764. The summed E-state index contributed by atoms with van der Waals surface area (Å²) in [4.78, 5) is 1.56. The van der Waals surface area contributed by atoms with Gasteiger partial charge in [0.05, 0.1) is 12.7 Å². The number of nitrogens with two attached hydrogens (primary N) is 1. The number of likely N-dealkylation sites (N-methyl/N-ethyl adjacent to an activating group) is 1. The van der Waals surface area contributed by atoms with Gasteiger partial charge in [0, 0.05) is 37.6 Å². The fourth-order valence-electron chi connectivity index (χ4n) is 1.75. The molecule has 1 rings (SSSR count). The zero-order valence-corrected chi connectivity index (χ0v) is 10.4. The number of halogens is 2. The summed E-state index contributed by atoms with van der Waals surface area (Å²) >= 11 is 0. The maximum Gasteiger partial charge on any atom is 0.265 e. The highest BCUT2D eigenvalue weighted by atomic mass is 19.3. The molecule has 0 aliphatic heterocycles. The Labute approximate surface area is 105 Å². The van der Waals surface area contributed by atoms with Gasteiger partial charge in [-0.2, -0.15) is 0 Å². The van der Waals surface area contributed by atoms with Crippen molar-refractivity contribution in [1.82, 2.24) is 0 Å². The Bertz CT molecular complexity index is 388. The molecular formula is C12H18F2N2O2.